The van der Waals surface area contributed by atoms with Gasteiger partial charge in [0.2, 0.25) is 0 Å². The highest BCUT2D eigenvalue weighted by atomic mass is 15.3. The van der Waals surface area contributed by atoms with Gasteiger partial charge in [-0.15, -0.1) is 0 Å². The van der Waals surface area contributed by atoms with Crippen molar-refractivity contribution < 1.29 is 0 Å². The Morgan fingerprint density at radius 2 is 1.62 bits per heavy atom. The average molecular weight is 285 g/mol. The Morgan fingerprint density at radius 1 is 1.05 bits per heavy atom. The molecule has 0 saturated heterocycles. The fraction of sp³-hybridized carbons (Fsp3) is 0.500. The van der Waals surface area contributed by atoms with Crippen LogP contribution in [0.4, 0.5) is 0 Å². The molecule has 0 bridgehead atoms. The molecule has 0 radical (unpaired) electrons. The van der Waals surface area contributed by atoms with Crippen molar-refractivity contribution in [3.63, 3.8) is 0 Å². The predicted molar refractivity (Wildman–Crippen MR) is 88.9 cm³/mol. The molecule has 0 amide bonds. The van der Waals surface area contributed by atoms with Gasteiger partial charge in [0.1, 0.15) is 0 Å². The molecule has 0 aliphatic heterocycles. The largest absolute Gasteiger partial charge is 0.316 e. The zero-order valence-electron chi connectivity index (χ0n) is 14.1. The van der Waals surface area contributed by atoms with Gasteiger partial charge in [0, 0.05) is 18.8 Å². The standard InChI is InChI=1S/C18H27N3/c1-12-8-7-9-13(2)17(12)10-16(19-5)11-18-14(3)20-21(6)15(18)4/h7-9,16,19H,10-11H2,1-6H3. The van der Waals surface area contributed by atoms with E-state index in [9.17, 15) is 0 Å². The molecule has 0 aliphatic rings. The maximum atomic E-state index is 4.53. The number of nitrogens with one attached hydrogen (secondary N) is 1. The number of hydrogen-bond acceptors (Lipinski definition) is 2. The molecule has 0 aliphatic carbocycles. The van der Waals surface area contributed by atoms with E-state index in [0.717, 1.165) is 18.5 Å². The van der Waals surface area contributed by atoms with Gasteiger partial charge in [-0.2, -0.15) is 5.10 Å². The summed E-state index contributed by atoms with van der Waals surface area (Å²) in [6.45, 7) is 8.67. The van der Waals surface area contributed by atoms with Gasteiger partial charge in [0.15, 0.2) is 0 Å². The van der Waals surface area contributed by atoms with Crippen LogP contribution in [0.1, 0.15) is 33.6 Å². The molecule has 2 aromatic rings. The van der Waals surface area contributed by atoms with Crippen LogP contribution < -0.4 is 5.32 Å². The molecule has 0 spiro atoms. The van der Waals surface area contributed by atoms with Crippen molar-refractivity contribution in [3.8, 4) is 0 Å². The molecule has 1 unspecified atom stereocenters. The molecule has 1 aromatic carbocycles. The molecule has 2 rings (SSSR count). The summed E-state index contributed by atoms with van der Waals surface area (Å²) >= 11 is 0. The number of hydrogen-bond donors (Lipinski definition) is 1. The molecule has 3 heteroatoms. The second kappa shape index (κ2) is 6.44. The van der Waals surface area contributed by atoms with E-state index in [0.29, 0.717) is 6.04 Å². The maximum Gasteiger partial charge on any atom is 0.0628 e. The molecule has 1 aromatic heterocycles. The molecule has 1 heterocycles. The Hall–Kier alpha value is -1.61. The Balaban J connectivity index is 2.21. The van der Waals surface area contributed by atoms with E-state index >= 15 is 0 Å². The van der Waals surface area contributed by atoms with Crippen molar-refractivity contribution in [2.24, 2.45) is 7.05 Å². The van der Waals surface area contributed by atoms with E-state index in [2.05, 4.69) is 63.4 Å². The van der Waals surface area contributed by atoms with E-state index in [1.165, 1.54) is 27.9 Å². The van der Waals surface area contributed by atoms with Crippen molar-refractivity contribution in [1.29, 1.82) is 0 Å². The fourth-order valence-corrected chi connectivity index (χ4v) is 3.05. The summed E-state index contributed by atoms with van der Waals surface area (Å²) in [6, 6.07) is 6.98. The number of likely N-dealkylation sites (N-methyl/N-ethyl adjacent to an activating group) is 1. The highest BCUT2D eigenvalue weighted by molar-refractivity contribution is 5.35. The Morgan fingerprint density at radius 3 is 2.10 bits per heavy atom. The second-order valence-corrected chi connectivity index (χ2v) is 6.04. The predicted octanol–water partition coefficient (Wildman–Crippen LogP) is 3.03. The Labute approximate surface area is 128 Å². The van der Waals surface area contributed by atoms with Crippen LogP contribution in [-0.2, 0) is 19.9 Å². The van der Waals surface area contributed by atoms with Crippen LogP contribution in [0.25, 0.3) is 0 Å². The summed E-state index contributed by atoms with van der Waals surface area (Å²) in [5, 5.41) is 8.01. The minimum Gasteiger partial charge on any atom is -0.316 e. The molecule has 1 N–H and O–H groups in total. The summed E-state index contributed by atoms with van der Waals surface area (Å²) in [6.07, 6.45) is 2.08. The van der Waals surface area contributed by atoms with Crippen LogP contribution in [0.15, 0.2) is 18.2 Å². The topological polar surface area (TPSA) is 29.9 Å². The van der Waals surface area contributed by atoms with Gasteiger partial charge < -0.3 is 5.32 Å². The van der Waals surface area contributed by atoms with Crippen LogP contribution in [0.3, 0.4) is 0 Å². The van der Waals surface area contributed by atoms with Gasteiger partial charge >= 0.3 is 0 Å². The Bertz CT molecular complexity index is 605. The quantitative estimate of drug-likeness (QED) is 0.915. The van der Waals surface area contributed by atoms with E-state index in [1.807, 2.05) is 11.7 Å². The van der Waals surface area contributed by atoms with Gasteiger partial charge in [0.05, 0.1) is 5.69 Å². The summed E-state index contributed by atoms with van der Waals surface area (Å²) in [7, 11) is 4.07. The lowest BCUT2D eigenvalue weighted by Crippen LogP contribution is -2.31. The van der Waals surface area contributed by atoms with E-state index in [4.69, 9.17) is 0 Å². The van der Waals surface area contributed by atoms with Gasteiger partial charge in [-0.3, -0.25) is 4.68 Å². The van der Waals surface area contributed by atoms with Crippen LogP contribution in [0, 0.1) is 27.7 Å². The zero-order chi connectivity index (χ0) is 15.6. The van der Waals surface area contributed by atoms with Crippen LogP contribution in [0.2, 0.25) is 0 Å². The molecular weight excluding hydrogens is 258 g/mol. The van der Waals surface area contributed by atoms with Gasteiger partial charge in [-0.25, -0.2) is 0 Å². The molecule has 0 fully saturated rings. The fourth-order valence-electron chi connectivity index (χ4n) is 3.05. The first-order valence-electron chi connectivity index (χ1n) is 7.65. The summed E-state index contributed by atoms with van der Waals surface area (Å²) < 4.78 is 1.98. The lowest BCUT2D eigenvalue weighted by molar-refractivity contribution is 0.551. The Kier molecular flexibility index (Phi) is 4.84. The SMILES string of the molecule is CNC(Cc1c(C)cccc1C)Cc1c(C)nn(C)c1C. The van der Waals surface area contributed by atoms with Crippen molar-refractivity contribution in [3.05, 3.63) is 51.8 Å². The van der Waals surface area contributed by atoms with E-state index in [-0.39, 0.29) is 0 Å². The third kappa shape index (κ3) is 3.35. The molecular formula is C18H27N3. The van der Waals surface area contributed by atoms with Crippen molar-refractivity contribution in [1.82, 2.24) is 15.1 Å². The average Bonchev–Trinajstić information content (AvgIpc) is 2.67. The number of benzene rings is 1. The van der Waals surface area contributed by atoms with Crippen molar-refractivity contribution in [2.45, 2.75) is 46.6 Å². The summed E-state index contributed by atoms with van der Waals surface area (Å²) in [5.41, 5.74) is 8.04. The second-order valence-electron chi connectivity index (χ2n) is 6.04. The van der Waals surface area contributed by atoms with Crippen LogP contribution in [0.5, 0.6) is 0 Å². The molecule has 0 saturated carbocycles. The van der Waals surface area contributed by atoms with E-state index in [1.54, 1.807) is 0 Å². The van der Waals surface area contributed by atoms with Gasteiger partial charge in [-0.1, -0.05) is 18.2 Å². The minimum atomic E-state index is 0.436. The van der Waals surface area contributed by atoms with Crippen LogP contribution >= 0.6 is 0 Å². The first-order chi connectivity index (χ1) is 9.93. The zero-order valence-corrected chi connectivity index (χ0v) is 14.1. The first kappa shape index (κ1) is 15.8. The lowest BCUT2D eigenvalue weighted by atomic mass is 9.93. The smallest absolute Gasteiger partial charge is 0.0628 e. The first-order valence-corrected chi connectivity index (χ1v) is 7.65. The number of rotatable bonds is 5. The van der Waals surface area contributed by atoms with E-state index < -0.39 is 0 Å². The lowest BCUT2D eigenvalue weighted by Gasteiger charge is -2.19. The number of aryl methyl sites for hydroxylation is 4. The summed E-state index contributed by atoms with van der Waals surface area (Å²) in [4.78, 5) is 0. The summed E-state index contributed by atoms with van der Waals surface area (Å²) in [5.74, 6) is 0. The number of nitrogens with zero attached hydrogens (tertiary/aromatic N) is 2. The number of aromatic nitrogens is 2. The molecule has 3 nitrogen and oxygen atoms in total. The maximum absolute atomic E-state index is 4.53. The molecule has 1 atom stereocenters. The molecule has 21 heavy (non-hydrogen) atoms. The van der Waals surface area contributed by atoms with Crippen molar-refractivity contribution >= 4 is 0 Å². The van der Waals surface area contributed by atoms with Gasteiger partial charge in [0.25, 0.3) is 0 Å². The highest BCUT2D eigenvalue weighted by Gasteiger charge is 2.16. The monoisotopic (exact) mass is 285 g/mol. The third-order valence-electron chi connectivity index (χ3n) is 4.61. The van der Waals surface area contributed by atoms with Crippen LogP contribution in [-0.4, -0.2) is 22.9 Å². The highest BCUT2D eigenvalue weighted by Crippen LogP contribution is 2.19. The minimum absolute atomic E-state index is 0.436. The third-order valence-corrected chi connectivity index (χ3v) is 4.61. The van der Waals surface area contributed by atoms with Gasteiger partial charge in [-0.05, 0) is 69.8 Å². The normalized spacial score (nSPS) is 12.7. The molecule has 114 valence electrons. The van der Waals surface area contributed by atoms with Crippen molar-refractivity contribution in [2.75, 3.05) is 7.05 Å².